The first kappa shape index (κ1) is 24.1. The third-order valence-electron chi connectivity index (χ3n) is 6.03. The first-order valence-electron chi connectivity index (χ1n) is 11.9. The minimum atomic E-state index is -1.12. The maximum Gasteiger partial charge on any atom is 0.411 e. The second-order valence-corrected chi connectivity index (χ2v) is 8.94. The number of fused-ring (bicyclic) bond motifs is 1. The van der Waals surface area contributed by atoms with Crippen molar-refractivity contribution in [3.05, 3.63) is 82.4 Å². The van der Waals surface area contributed by atoms with Gasteiger partial charge in [0, 0.05) is 37.0 Å². The zero-order valence-corrected chi connectivity index (χ0v) is 20.7. The third-order valence-corrected chi connectivity index (χ3v) is 6.03. The minimum absolute atomic E-state index is 0.360. The van der Waals surface area contributed by atoms with E-state index < -0.39 is 6.09 Å². The smallest absolute Gasteiger partial charge is 0.411 e. The second-order valence-electron chi connectivity index (χ2n) is 8.94. The molecular formula is C28H32N4O3. The Hall–Kier alpha value is -4.00. The lowest BCUT2D eigenvalue weighted by atomic mass is 10.00. The lowest BCUT2D eigenvalue weighted by Gasteiger charge is -2.29. The Bertz CT molecular complexity index is 1250. The van der Waals surface area contributed by atoms with Crippen molar-refractivity contribution < 1.29 is 14.6 Å². The van der Waals surface area contributed by atoms with Gasteiger partial charge in [-0.25, -0.2) is 9.79 Å². The number of aryl methyl sites for hydroxylation is 3. The lowest BCUT2D eigenvalue weighted by molar-refractivity contribution is 0.198. The normalized spacial score (nSPS) is 12.6. The van der Waals surface area contributed by atoms with E-state index in [1.54, 1.807) is 0 Å². The van der Waals surface area contributed by atoms with E-state index >= 15 is 0 Å². The maximum absolute atomic E-state index is 11.1. The maximum atomic E-state index is 11.1. The number of hydrogen-bond acceptors (Lipinski definition) is 5. The highest BCUT2D eigenvalue weighted by atomic mass is 16.5. The van der Waals surface area contributed by atoms with Gasteiger partial charge in [-0.2, -0.15) is 0 Å². The predicted molar refractivity (Wildman–Crippen MR) is 140 cm³/mol. The quantitative estimate of drug-likeness (QED) is 0.366. The molecule has 0 unspecified atom stereocenters. The number of nitrogens with zero attached hydrogens (tertiary/aromatic N) is 2. The molecule has 35 heavy (non-hydrogen) atoms. The van der Waals surface area contributed by atoms with Crippen molar-refractivity contribution in [1.82, 2.24) is 10.2 Å². The number of carboxylic acid groups (broad SMARTS) is 1. The van der Waals surface area contributed by atoms with E-state index in [0.717, 1.165) is 35.7 Å². The number of carbonyl (C=O) groups is 1. The summed E-state index contributed by atoms with van der Waals surface area (Å²) in [5.41, 5.74) is 7.89. The molecule has 1 aliphatic heterocycles. The molecule has 3 aromatic rings. The number of aliphatic imine (C=N–C) groups is 1. The van der Waals surface area contributed by atoms with E-state index in [1.807, 2.05) is 47.4 Å². The van der Waals surface area contributed by atoms with Crippen LogP contribution in [-0.2, 0) is 13.1 Å². The van der Waals surface area contributed by atoms with E-state index in [0.29, 0.717) is 24.8 Å². The molecule has 1 heterocycles. The highest BCUT2D eigenvalue weighted by molar-refractivity contribution is 5.95. The topological polar surface area (TPSA) is 86.2 Å². The molecule has 3 aromatic carbocycles. The number of nitrogens with one attached hydrogen (secondary N) is 2. The van der Waals surface area contributed by atoms with Gasteiger partial charge in [-0.15, -0.1) is 0 Å². The minimum Gasteiger partial charge on any atom is -0.465 e. The Morgan fingerprint density at radius 1 is 1.06 bits per heavy atom. The van der Waals surface area contributed by atoms with E-state index in [4.69, 9.17) is 9.84 Å². The third kappa shape index (κ3) is 5.93. The Labute approximate surface area is 206 Å². The fourth-order valence-corrected chi connectivity index (χ4v) is 4.47. The number of benzene rings is 3. The van der Waals surface area contributed by atoms with Crippen LogP contribution in [0.3, 0.4) is 0 Å². The molecule has 0 spiro atoms. The van der Waals surface area contributed by atoms with Crippen LogP contribution < -0.4 is 15.4 Å². The fourth-order valence-electron chi connectivity index (χ4n) is 4.47. The standard InChI is InChI=1S/C28H32N4O3/c1-5-11-32-17-21-14-24(9-10-26(21)30-27(32)31-28(33)34)35-23-8-6-7-22(15-23)29-16-25-19(3)12-18(2)13-20(25)4/h6-10,12-15,29H,5,11,16-17H2,1-4H3,(H,30,31)(H,33,34). The van der Waals surface area contributed by atoms with Gasteiger partial charge in [-0.05, 0) is 74.2 Å². The highest BCUT2D eigenvalue weighted by Gasteiger charge is 2.21. The van der Waals surface area contributed by atoms with Crippen LogP contribution in [0.4, 0.5) is 16.2 Å². The Balaban J connectivity index is 1.48. The van der Waals surface area contributed by atoms with Gasteiger partial charge >= 0.3 is 6.09 Å². The van der Waals surface area contributed by atoms with E-state index in [9.17, 15) is 4.79 Å². The number of guanidine groups is 1. The summed E-state index contributed by atoms with van der Waals surface area (Å²) in [6.07, 6.45) is -0.234. The molecule has 3 N–H and O–H groups in total. The van der Waals surface area contributed by atoms with Crippen LogP contribution in [0, 0.1) is 20.8 Å². The van der Waals surface area contributed by atoms with Crippen LogP contribution >= 0.6 is 0 Å². The number of amides is 1. The van der Waals surface area contributed by atoms with Crippen LogP contribution in [0.15, 0.2) is 59.6 Å². The van der Waals surface area contributed by atoms with Crippen LogP contribution in [-0.4, -0.2) is 28.6 Å². The number of anilines is 1. The second kappa shape index (κ2) is 10.5. The van der Waals surface area contributed by atoms with Gasteiger partial charge in [0.05, 0.1) is 5.69 Å². The van der Waals surface area contributed by atoms with Crippen molar-refractivity contribution in [2.45, 2.75) is 47.2 Å². The molecule has 0 aliphatic carbocycles. The average Bonchev–Trinajstić information content (AvgIpc) is 2.79. The Morgan fingerprint density at radius 3 is 2.51 bits per heavy atom. The van der Waals surface area contributed by atoms with Crippen LogP contribution in [0.1, 0.15) is 41.2 Å². The molecule has 0 fully saturated rings. The van der Waals surface area contributed by atoms with Crippen molar-refractivity contribution in [2.24, 2.45) is 4.99 Å². The molecule has 0 bridgehead atoms. The summed E-state index contributed by atoms with van der Waals surface area (Å²) in [5, 5.41) is 15.1. The summed E-state index contributed by atoms with van der Waals surface area (Å²) in [6.45, 7) is 10.5. The Kier molecular flexibility index (Phi) is 7.25. The summed E-state index contributed by atoms with van der Waals surface area (Å²) in [4.78, 5) is 17.6. The average molecular weight is 473 g/mol. The van der Waals surface area contributed by atoms with Gasteiger partial charge in [-0.1, -0.05) is 30.7 Å². The summed E-state index contributed by atoms with van der Waals surface area (Å²) in [7, 11) is 0. The van der Waals surface area contributed by atoms with E-state index in [-0.39, 0.29) is 0 Å². The summed E-state index contributed by atoms with van der Waals surface area (Å²) >= 11 is 0. The summed E-state index contributed by atoms with van der Waals surface area (Å²) in [5.74, 6) is 1.82. The van der Waals surface area contributed by atoms with Gasteiger partial charge in [0.2, 0.25) is 5.96 Å². The molecule has 1 aliphatic rings. The molecule has 4 rings (SSSR count). The van der Waals surface area contributed by atoms with Crippen molar-refractivity contribution in [3.63, 3.8) is 0 Å². The first-order chi connectivity index (χ1) is 16.8. The molecule has 7 nitrogen and oxygen atoms in total. The number of rotatable bonds is 7. The Morgan fingerprint density at radius 2 is 1.80 bits per heavy atom. The molecule has 7 heteroatoms. The lowest BCUT2D eigenvalue weighted by Crippen LogP contribution is -2.44. The molecule has 0 saturated heterocycles. The molecule has 0 radical (unpaired) electrons. The van der Waals surface area contributed by atoms with Crippen molar-refractivity contribution in [2.75, 3.05) is 11.9 Å². The van der Waals surface area contributed by atoms with Gasteiger partial charge in [0.1, 0.15) is 11.5 Å². The largest absolute Gasteiger partial charge is 0.465 e. The molecule has 0 saturated carbocycles. The van der Waals surface area contributed by atoms with Gasteiger partial charge < -0.3 is 20.1 Å². The SMILES string of the molecule is CCCN1Cc2cc(Oc3cccc(NCc4c(C)cc(C)cc4C)c3)ccc2N=C1NC(=O)O. The van der Waals surface area contributed by atoms with E-state index in [2.05, 4.69) is 55.5 Å². The van der Waals surface area contributed by atoms with Crippen molar-refractivity contribution >= 4 is 23.4 Å². The van der Waals surface area contributed by atoms with Gasteiger partial charge in [0.15, 0.2) is 0 Å². The van der Waals surface area contributed by atoms with Gasteiger partial charge in [-0.3, -0.25) is 5.32 Å². The monoisotopic (exact) mass is 472 g/mol. The van der Waals surface area contributed by atoms with Crippen LogP contribution in [0.5, 0.6) is 11.5 Å². The number of hydrogen-bond donors (Lipinski definition) is 3. The zero-order chi connectivity index (χ0) is 24.9. The molecule has 0 aromatic heterocycles. The highest BCUT2D eigenvalue weighted by Crippen LogP contribution is 2.32. The van der Waals surface area contributed by atoms with E-state index in [1.165, 1.54) is 22.3 Å². The predicted octanol–water partition coefficient (Wildman–Crippen LogP) is 6.50. The summed E-state index contributed by atoms with van der Waals surface area (Å²) in [6, 6.07) is 18.1. The first-order valence-corrected chi connectivity index (χ1v) is 11.9. The van der Waals surface area contributed by atoms with Crippen molar-refractivity contribution in [3.8, 4) is 11.5 Å². The molecule has 1 amide bonds. The molecule has 182 valence electrons. The molecular weight excluding hydrogens is 440 g/mol. The van der Waals surface area contributed by atoms with Gasteiger partial charge in [0.25, 0.3) is 0 Å². The van der Waals surface area contributed by atoms with Crippen molar-refractivity contribution in [1.29, 1.82) is 0 Å². The fraction of sp³-hybridized carbons (Fsp3) is 0.286. The number of ether oxygens (including phenoxy) is 1. The zero-order valence-electron chi connectivity index (χ0n) is 20.7. The van der Waals surface area contributed by atoms with Crippen LogP contribution in [0.2, 0.25) is 0 Å². The molecule has 0 atom stereocenters. The van der Waals surface area contributed by atoms with Crippen LogP contribution in [0.25, 0.3) is 0 Å². The summed E-state index contributed by atoms with van der Waals surface area (Å²) < 4.78 is 6.17.